The highest BCUT2D eigenvalue weighted by Gasteiger charge is 2.41. The van der Waals surface area contributed by atoms with E-state index in [-0.39, 0.29) is 11.3 Å². The first kappa shape index (κ1) is 11.9. The van der Waals surface area contributed by atoms with Crippen molar-refractivity contribution in [3.63, 3.8) is 0 Å². The first-order valence-electron chi connectivity index (χ1n) is 5.15. The van der Waals surface area contributed by atoms with Crippen molar-refractivity contribution in [3.8, 4) is 0 Å². The van der Waals surface area contributed by atoms with Gasteiger partial charge in [0.15, 0.2) is 0 Å². The van der Waals surface area contributed by atoms with Crippen LogP contribution in [0.5, 0.6) is 0 Å². The normalized spacial score (nSPS) is 21.7. The molecule has 1 rings (SSSR count). The van der Waals surface area contributed by atoms with Crippen LogP contribution in [-0.2, 0) is 10.0 Å². The lowest BCUT2D eigenvalue weighted by Crippen LogP contribution is -2.52. The average molecular weight is 220 g/mol. The van der Waals surface area contributed by atoms with Crippen LogP contribution in [0.2, 0.25) is 0 Å². The van der Waals surface area contributed by atoms with Gasteiger partial charge in [-0.1, -0.05) is 12.8 Å². The molecule has 14 heavy (non-hydrogen) atoms. The molecule has 0 aliphatic heterocycles. The summed E-state index contributed by atoms with van der Waals surface area (Å²) in [7, 11) is -1.44. The zero-order valence-corrected chi connectivity index (χ0v) is 9.81. The summed E-state index contributed by atoms with van der Waals surface area (Å²) in [5, 5.41) is 0. The van der Waals surface area contributed by atoms with E-state index in [1.54, 1.807) is 14.0 Å². The van der Waals surface area contributed by atoms with Gasteiger partial charge in [-0.3, -0.25) is 0 Å². The molecule has 2 N–H and O–H groups in total. The SMILES string of the molecule is CCS(=O)(=O)N(C)C1(CN)CCCC1. The smallest absolute Gasteiger partial charge is 0.214 e. The molecule has 0 aromatic carbocycles. The number of hydrogen-bond acceptors (Lipinski definition) is 3. The third-order valence-electron chi connectivity index (χ3n) is 3.36. The van der Waals surface area contributed by atoms with Crippen LogP contribution >= 0.6 is 0 Å². The average Bonchev–Trinajstić information content (AvgIpc) is 2.66. The van der Waals surface area contributed by atoms with E-state index in [1.165, 1.54) is 4.31 Å². The van der Waals surface area contributed by atoms with Crippen LogP contribution < -0.4 is 5.73 Å². The second-order valence-electron chi connectivity index (χ2n) is 4.00. The third-order valence-corrected chi connectivity index (χ3v) is 5.32. The molecule has 5 heteroatoms. The van der Waals surface area contributed by atoms with Crippen LogP contribution in [0.15, 0.2) is 0 Å². The van der Waals surface area contributed by atoms with E-state index in [4.69, 9.17) is 5.73 Å². The van der Waals surface area contributed by atoms with Gasteiger partial charge in [0.05, 0.1) is 5.75 Å². The molecule has 0 atom stereocenters. The minimum Gasteiger partial charge on any atom is -0.329 e. The Hall–Kier alpha value is -0.130. The van der Waals surface area contributed by atoms with E-state index in [2.05, 4.69) is 0 Å². The molecule has 84 valence electrons. The van der Waals surface area contributed by atoms with Crippen LogP contribution in [0.3, 0.4) is 0 Å². The zero-order chi connectivity index (χ0) is 10.8. The molecule has 0 saturated heterocycles. The van der Waals surface area contributed by atoms with Crippen molar-refractivity contribution >= 4 is 10.0 Å². The standard InChI is InChI=1S/C9H20N2O2S/c1-3-14(12,13)11(2)9(8-10)6-4-5-7-9/h3-8,10H2,1-2H3. The number of nitrogens with zero attached hydrogens (tertiary/aromatic N) is 1. The summed E-state index contributed by atoms with van der Waals surface area (Å²) in [4.78, 5) is 0. The summed E-state index contributed by atoms with van der Waals surface area (Å²) in [5.74, 6) is 0.158. The van der Waals surface area contributed by atoms with Gasteiger partial charge in [0, 0.05) is 19.1 Å². The second kappa shape index (κ2) is 4.16. The van der Waals surface area contributed by atoms with Crippen LogP contribution in [0, 0.1) is 0 Å². The van der Waals surface area contributed by atoms with Crippen LogP contribution in [0.25, 0.3) is 0 Å². The van der Waals surface area contributed by atoms with Crippen LogP contribution in [0.4, 0.5) is 0 Å². The molecule has 1 saturated carbocycles. The maximum atomic E-state index is 11.7. The van der Waals surface area contributed by atoms with Crippen molar-refractivity contribution in [2.45, 2.75) is 38.1 Å². The van der Waals surface area contributed by atoms with Crippen LogP contribution in [0.1, 0.15) is 32.6 Å². The topological polar surface area (TPSA) is 63.4 Å². The van der Waals surface area contributed by atoms with E-state index in [1.807, 2.05) is 0 Å². The molecular formula is C9H20N2O2S. The molecule has 0 radical (unpaired) electrons. The first-order chi connectivity index (χ1) is 6.48. The highest BCUT2D eigenvalue weighted by atomic mass is 32.2. The molecule has 1 fully saturated rings. The van der Waals surface area contributed by atoms with Gasteiger partial charge in [-0.25, -0.2) is 8.42 Å². The fourth-order valence-electron chi connectivity index (χ4n) is 2.17. The highest BCUT2D eigenvalue weighted by molar-refractivity contribution is 7.89. The molecule has 0 bridgehead atoms. The Morgan fingerprint density at radius 2 is 1.86 bits per heavy atom. The summed E-state index contributed by atoms with van der Waals surface area (Å²) >= 11 is 0. The fraction of sp³-hybridized carbons (Fsp3) is 1.00. The predicted molar refractivity (Wildman–Crippen MR) is 57.5 cm³/mol. The molecule has 1 aliphatic carbocycles. The highest BCUT2D eigenvalue weighted by Crippen LogP contribution is 2.35. The van der Waals surface area contributed by atoms with Gasteiger partial charge in [-0.05, 0) is 19.8 Å². The first-order valence-corrected chi connectivity index (χ1v) is 6.76. The summed E-state index contributed by atoms with van der Waals surface area (Å²) in [5.41, 5.74) is 5.42. The lowest BCUT2D eigenvalue weighted by molar-refractivity contribution is 0.231. The molecule has 0 amide bonds. The molecule has 0 heterocycles. The van der Waals surface area contributed by atoms with E-state index in [0.717, 1.165) is 25.7 Å². The molecule has 1 aliphatic rings. The predicted octanol–water partition coefficient (Wildman–Crippen LogP) is 0.539. The van der Waals surface area contributed by atoms with E-state index >= 15 is 0 Å². The summed E-state index contributed by atoms with van der Waals surface area (Å²) in [6.07, 6.45) is 3.97. The summed E-state index contributed by atoms with van der Waals surface area (Å²) in [6.45, 7) is 2.10. The Kier molecular flexibility index (Phi) is 3.55. The maximum absolute atomic E-state index is 11.7. The second-order valence-corrected chi connectivity index (χ2v) is 6.29. The van der Waals surface area contributed by atoms with Gasteiger partial charge in [0.2, 0.25) is 10.0 Å². The van der Waals surface area contributed by atoms with E-state index in [9.17, 15) is 8.42 Å². The van der Waals surface area contributed by atoms with Gasteiger partial charge in [-0.2, -0.15) is 4.31 Å². The maximum Gasteiger partial charge on any atom is 0.214 e. The number of nitrogens with two attached hydrogens (primary N) is 1. The van der Waals surface area contributed by atoms with Gasteiger partial charge in [0.25, 0.3) is 0 Å². The van der Waals surface area contributed by atoms with E-state index in [0.29, 0.717) is 6.54 Å². The van der Waals surface area contributed by atoms with Crippen molar-refractivity contribution in [2.75, 3.05) is 19.3 Å². The molecule has 0 aromatic rings. The van der Waals surface area contributed by atoms with Crippen molar-refractivity contribution in [3.05, 3.63) is 0 Å². The largest absolute Gasteiger partial charge is 0.329 e. The minimum absolute atomic E-state index is 0.158. The molecule has 0 unspecified atom stereocenters. The Balaban J connectivity index is 2.90. The Morgan fingerprint density at radius 3 is 2.21 bits per heavy atom. The number of likely N-dealkylation sites (N-methyl/N-ethyl adjacent to an activating group) is 1. The minimum atomic E-state index is -3.10. The van der Waals surface area contributed by atoms with Crippen molar-refractivity contribution in [1.29, 1.82) is 0 Å². The van der Waals surface area contributed by atoms with Gasteiger partial charge in [-0.15, -0.1) is 0 Å². The van der Waals surface area contributed by atoms with Gasteiger partial charge >= 0.3 is 0 Å². The monoisotopic (exact) mass is 220 g/mol. The number of hydrogen-bond donors (Lipinski definition) is 1. The lowest BCUT2D eigenvalue weighted by Gasteiger charge is -2.36. The van der Waals surface area contributed by atoms with Crippen molar-refractivity contribution in [1.82, 2.24) is 4.31 Å². The Bertz CT molecular complexity index is 281. The number of rotatable bonds is 4. The Labute approximate surface area is 86.5 Å². The van der Waals surface area contributed by atoms with E-state index < -0.39 is 10.0 Å². The Morgan fingerprint density at radius 1 is 1.36 bits per heavy atom. The van der Waals surface area contributed by atoms with Crippen molar-refractivity contribution < 1.29 is 8.42 Å². The van der Waals surface area contributed by atoms with Crippen LogP contribution in [-0.4, -0.2) is 37.6 Å². The lowest BCUT2D eigenvalue weighted by atomic mass is 9.98. The van der Waals surface area contributed by atoms with Gasteiger partial charge < -0.3 is 5.73 Å². The summed E-state index contributed by atoms with van der Waals surface area (Å²) in [6, 6.07) is 0. The molecule has 0 spiro atoms. The fourth-order valence-corrected chi connectivity index (χ4v) is 3.40. The third kappa shape index (κ3) is 1.94. The molecule has 0 aromatic heterocycles. The van der Waals surface area contributed by atoms with Crippen molar-refractivity contribution in [2.24, 2.45) is 5.73 Å². The quantitative estimate of drug-likeness (QED) is 0.752. The summed E-state index contributed by atoms with van der Waals surface area (Å²) < 4.78 is 24.9. The molecule has 4 nitrogen and oxygen atoms in total. The zero-order valence-electron chi connectivity index (χ0n) is 8.99. The molecular weight excluding hydrogens is 200 g/mol. The number of sulfonamides is 1. The van der Waals surface area contributed by atoms with Gasteiger partial charge in [0.1, 0.15) is 0 Å².